The lowest BCUT2D eigenvalue weighted by atomic mass is 10.1. The first-order valence-corrected chi connectivity index (χ1v) is 7.77. The lowest BCUT2D eigenvalue weighted by Gasteiger charge is -2.05. The predicted octanol–water partition coefficient (Wildman–Crippen LogP) is 2.33. The Bertz CT molecular complexity index is 615. The molecule has 1 aliphatic rings. The van der Waals surface area contributed by atoms with Crippen LogP contribution in [0.4, 0.5) is 5.13 Å². The van der Waals surface area contributed by atoms with Crippen LogP contribution in [0.5, 0.6) is 5.75 Å². The highest BCUT2D eigenvalue weighted by molar-refractivity contribution is 7.15. The van der Waals surface area contributed by atoms with Crippen molar-refractivity contribution in [1.82, 2.24) is 10.3 Å². The quantitative estimate of drug-likeness (QED) is 0.890. The van der Waals surface area contributed by atoms with Gasteiger partial charge in [-0.15, -0.1) is 11.3 Å². The molecule has 110 valence electrons. The molecule has 21 heavy (non-hydrogen) atoms. The number of anilines is 1. The van der Waals surface area contributed by atoms with Gasteiger partial charge in [0.25, 0.3) is 0 Å². The first kappa shape index (κ1) is 14.0. The van der Waals surface area contributed by atoms with Crippen LogP contribution in [0.15, 0.2) is 24.3 Å². The first-order valence-electron chi connectivity index (χ1n) is 6.95. The van der Waals surface area contributed by atoms with Gasteiger partial charge in [-0.1, -0.05) is 12.1 Å². The van der Waals surface area contributed by atoms with Crippen molar-refractivity contribution < 1.29 is 9.53 Å². The Morgan fingerprint density at radius 1 is 1.38 bits per heavy atom. The minimum atomic E-state index is -0.0421. The zero-order valence-corrected chi connectivity index (χ0v) is 12.6. The van der Waals surface area contributed by atoms with Crippen molar-refractivity contribution >= 4 is 22.4 Å². The van der Waals surface area contributed by atoms with Crippen molar-refractivity contribution in [3.8, 4) is 5.75 Å². The number of aromatic nitrogens is 1. The summed E-state index contributed by atoms with van der Waals surface area (Å²) in [5, 5.41) is 6.79. The highest BCUT2D eigenvalue weighted by Crippen LogP contribution is 2.26. The molecule has 0 saturated carbocycles. The summed E-state index contributed by atoms with van der Waals surface area (Å²) in [5.74, 6) is 0.782. The summed E-state index contributed by atoms with van der Waals surface area (Å²) in [6.07, 6.45) is 0.342. The van der Waals surface area contributed by atoms with Crippen molar-refractivity contribution in [2.24, 2.45) is 0 Å². The second-order valence-electron chi connectivity index (χ2n) is 4.79. The molecular formula is C15H17N3O2S. The van der Waals surface area contributed by atoms with E-state index in [9.17, 15) is 4.79 Å². The second kappa shape index (κ2) is 6.24. The van der Waals surface area contributed by atoms with Gasteiger partial charge in [0.2, 0.25) is 5.91 Å². The molecule has 1 aromatic carbocycles. The van der Waals surface area contributed by atoms with Crippen LogP contribution in [0.25, 0.3) is 0 Å². The minimum Gasteiger partial charge on any atom is -0.494 e. The van der Waals surface area contributed by atoms with Gasteiger partial charge in [-0.05, 0) is 24.6 Å². The number of hydrogen-bond donors (Lipinski definition) is 2. The molecule has 0 bridgehead atoms. The number of thiazole rings is 1. The van der Waals surface area contributed by atoms with Crippen LogP contribution in [0.2, 0.25) is 0 Å². The average molecular weight is 303 g/mol. The molecule has 1 aliphatic heterocycles. The normalized spacial score (nSPS) is 13.0. The van der Waals surface area contributed by atoms with Crippen LogP contribution in [0.1, 0.15) is 23.1 Å². The van der Waals surface area contributed by atoms with E-state index in [4.69, 9.17) is 4.74 Å². The van der Waals surface area contributed by atoms with E-state index in [0.29, 0.717) is 18.2 Å². The fourth-order valence-corrected chi connectivity index (χ4v) is 3.19. The number of carbonyl (C=O) groups is 1. The van der Waals surface area contributed by atoms with E-state index < -0.39 is 0 Å². The van der Waals surface area contributed by atoms with E-state index in [1.807, 2.05) is 31.2 Å². The molecule has 0 saturated heterocycles. The van der Waals surface area contributed by atoms with E-state index in [-0.39, 0.29) is 5.91 Å². The number of hydrogen-bond acceptors (Lipinski definition) is 5. The number of benzene rings is 1. The number of nitrogens with zero attached hydrogens (tertiary/aromatic N) is 1. The Morgan fingerprint density at radius 3 is 2.90 bits per heavy atom. The Morgan fingerprint density at radius 2 is 2.19 bits per heavy atom. The largest absolute Gasteiger partial charge is 0.494 e. The summed E-state index contributed by atoms with van der Waals surface area (Å²) in [4.78, 5) is 17.7. The first-order chi connectivity index (χ1) is 10.2. The van der Waals surface area contributed by atoms with Crippen molar-refractivity contribution in [3.63, 3.8) is 0 Å². The Labute approximate surface area is 127 Å². The zero-order valence-electron chi connectivity index (χ0n) is 11.8. The van der Waals surface area contributed by atoms with Crippen molar-refractivity contribution in [2.45, 2.75) is 26.4 Å². The van der Waals surface area contributed by atoms with Gasteiger partial charge in [0.1, 0.15) is 5.75 Å². The summed E-state index contributed by atoms with van der Waals surface area (Å²) in [7, 11) is 0. The lowest BCUT2D eigenvalue weighted by Crippen LogP contribution is -2.14. The molecule has 0 unspecified atom stereocenters. The van der Waals surface area contributed by atoms with Crippen LogP contribution in [0.3, 0.4) is 0 Å². The molecule has 1 amide bonds. The van der Waals surface area contributed by atoms with Crippen LogP contribution >= 0.6 is 11.3 Å². The SMILES string of the molecule is CCOc1ccc(CC(=O)Nc2nc3c(s2)CNC3)cc1. The van der Waals surface area contributed by atoms with Crippen molar-refractivity contribution in [3.05, 3.63) is 40.4 Å². The van der Waals surface area contributed by atoms with Gasteiger partial charge in [-0.3, -0.25) is 4.79 Å². The van der Waals surface area contributed by atoms with E-state index in [1.54, 1.807) is 11.3 Å². The molecule has 2 aromatic rings. The third-order valence-corrected chi connectivity index (χ3v) is 4.21. The van der Waals surface area contributed by atoms with Gasteiger partial charge in [0.15, 0.2) is 5.13 Å². The summed E-state index contributed by atoms with van der Waals surface area (Å²) in [5.41, 5.74) is 2.01. The van der Waals surface area contributed by atoms with Crippen LogP contribution in [-0.4, -0.2) is 17.5 Å². The third-order valence-electron chi connectivity index (χ3n) is 3.20. The molecule has 0 radical (unpaired) electrons. The number of ether oxygens (including phenoxy) is 1. The maximum absolute atomic E-state index is 12.0. The monoisotopic (exact) mass is 303 g/mol. The van der Waals surface area contributed by atoms with Gasteiger partial charge in [0, 0.05) is 18.0 Å². The second-order valence-corrected chi connectivity index (χ2v) is 5.88. The van der Waals surface area contributed by atoms with Gasteiger partial charge in [-0.2, -0.15) is 0 Å². The highest BCUT2D eigenvalue weighted by atomic mass is 32.1. The number of carbonyl (C=O) groups excluding carboxylic acids is 1. The Balaban J connectivity index is 1.58. The smallest absolute Gasteiger partial charge is 0.230 e. The van der Waals surface area contributed by atoms with Gasteiger partial charge in [-0.25, -0.2) is 4.98 Å². The number of fused-ring (bicyclic) bond motifs is 1. The summed E-state index contributed by atoms with van der Waals surface area (Å²) >= 11 is 1.54. The molecule has 2 N–H and O–H groups in total. The fourth-order valence-electron chi connectivity index (χ4n) is 2.23. The van der Waals surface area contributed by atoms with Crippen LogP contribution in [-0.2, 0) is 24.3 Å². The lowest BCUT2D eigenvalue weighted by molar-refractivity contribution is -0.115. The zero-order chi connectivity index (χ0) is 14.7. The molecule has 2 heterocycles. The third kappa shape index (κ3) is 3.40. The molecule has 0 spiro atoms. The molecule has 6 heteroatoms. The summed E-state index contributed by atoms with van der Waals surface area (Å²) in [6, 6.07) is 7.60. The molecule has 0 aliphatic carbocycles. The number of nitrogens with one attached hydrogen (secondary N) is 2. The van der Waals surface area contributed by atoms with Crippen LogP contribution < -0.4 is 15.4 Å². The number of amides is 1. The predicted molar refractivity (Wildman–Crippen MR) is 82.6 cm³/mol. The van der Waals surface area contributed by atoms with Crippen molar-refractivity contribution in [1.29, 1.82) is 0 Å². The Kier molecular flexibility index (Phi) is 4.17. The maximum Gasteiger partial charge on any atom is 0.230 e. The van der Waals surface area contributed by atoms with E-state index in [2.05, 4.69) is 15.6 Å². The fraction of sp³-hybridized carbons (Fsp3) is 0.333. The molecule has 0 fully saturated rings. The van der Waals surface area contributed by atoms with Crippen molar-refractivity contribution in [2.75, 3.05) is 11.9 Å². The molecule has 5 nitrogen and oxygen atoms in total. The van der Waals surface area contributed by atoms with E-state index >= 15 is 0 Å². The van der Waals surface area contributed by atoms with Gasteiger partial charge < -0.3 is 15.4 Å². The maximum atomic E-state index is 12.0. The number of rotatable bonds is 5. The standard InChI is InChI=1S/C15H17N3O2S/c1-2-20-11-5-3-10(4-6-11)7-14(19)18-15-17-12-8-16-9-13(12)21-15/h3-6,16H,2,7-9H2,1H3,(H,17,18,19). The Hall–Kier alpha value is -1.92. The molecule has 3 rings (SSSR count). The van der Waals surface area contributed by atoms with Crippen LogP contribution in [0, 0.1) is 0 Å². The molecular weight excluding hydrogens is 286 g/mol. The highest BCUT2D eigenvalue weighted by Gasteiger charge is 2.17. The van der Waals surface area contributed by atoms with E-state index in [0.717, 1.165) is 30.1 Å². The summed E-state index contributed by atoms with van der Waals surface area (Å²) in [6.45, 7) is 4.23. The minimum absolute atomic E-state index is 0.0421. The van der Waals surface area contributed by atoms with Gasteiger partial charge >= 0.3 is 0 Å². The molecule has 1 aromatic heterocycles. The van der Waals surface area contributed by atoms with E-state index in [1.165, 1.54) is 4.88 Å². The average Bonchev–Trinajstić information content (AvgIpc) is 3.02. The summed E-state index contributed by atoms with van der Waals surface area (Å²) < 4.78 is 5.38. The topological polar surface area (TPSA) is 63.2 Å². The molecule has 0 atom stereocenters. The van der Waals surface area contributed by atoms with Gasteiger partial charge in [0.05, 0.1) is 18.7 Å².